The fourth-order valence-electron chi connectivity index (χ4n) is 2.43. The number of ether oxygens (including phenoxy) is 3. The van der Waals surface area contributed by atoms with E-state index < -0.39 is 10.0 Å². The van der Waals surface area contributed by atoms with E-state index in [9.17, 15) is 13.2 Å². The molecule has 2 rings (SSSR count). The summed E-state index contributed by atoms with van der Waals surface area (Å²) in [5, 5.41) is 5.45. The van der Waals surface area contributed by atoms with Gasteiger partial charge in [-0.2, -0.15) is 0 Å². The Labute approximate surface area is 153 Å². The van der Waals surface area contributed by atoms with E-state index in [0.717, 1.165) is 19.1 Å². The molecule has 1 saturated carbocycles. The van der Waals surface area contributed by atoms with Crippen molar-refractivity contribution in [3.63, 3.8) is 0 Å². The Morgan fingerprint density at radius 3 is 2.15 bits per heavy atom. The summed E-state index contributed by atoms with van der Waals surface area (Å²) in [7, 11) is 0.791. The molecule has 2 amide bonds. The van der Waals surface area contributed by atoms with E-state index in [-0.39, 0.29) is 25.2 Å². The first-order chi connectivity index (χ1) is 12.3. The number of methoxy groups -OCH3 is 3. The van der Waals surface area contributed by atoms with E-state index in [4.69, 9.17) is 14.2 Å². The van der Waals surface area contributed by atoms with Crippen molar-refractivity contribution in [2.75, 3.05) is 45.0 Å². The van der Waals surface area contributed by atoms with Crippen LogP contribution in [0, 0.1) is 0 Å². The van der Waals surface area contributed by atoms with Gasteiger partial charge in [0.05, 0.1) is 39.8 Å². The summed E-state index contributed by atoms with van der Waals surface area (Å²) in [5.74, 6) is 1.05. The zero-order chi connectivity index (χ0) is 19.3. The molecule has 1 fully saturated rings. The average molecular weight is 387 g/mol. The lowest BCUT2D eigenvalue weighted by Gasteiger charge is -2.24. The fourth-order valence-corrected chi connectivity index (χ4v) is 3.34. The van der Waals surface area contributed by atoms with Crippen molar-refractivity contribution in [1.29, 1.82) is 0 Å². The van der Waals surface area contributed by atoms with Gasteiger partial charge in [0.15, 0.2) is 11.5 Å². The SMILES string of the molecule is COc1cc(N(CCNC(=O)NC2CC2)S(C)(=O)=O)cc(OC)c1OC. The van der Waals surface area contributed by atoms with Gasteiger partial charge in [0.25, 0.3) is 0 Å². The van der Waals surface area contributed by atoms with Gasteiger partial charge in [0, 0.05) is 24.7 Å². The van der Waals surface area contributed by atoms with Gasteiger partial charge in [-0.3, -0.25) is 4.31 Å². The quantitative estimate of drug-likeness (QED) is 0.653. The first-order valence-electron chi connectivity index (χ1n) is 8.12. The van der Waals surface area contributed by atoms with E-state index in [1.54, 1.807) is 12.1 Å². The lowest BCUT2D eigenvalue weighted by molar-refractivity contribution is 0.241. The molecule has 1 aliphatic rings. The lowest BCUT2D eigenvalue weighted by atomic mass is 10.2. The van der Waals surface area contributed by atoms with Gasteiger partial charge in [-0.25, -0.2) is 13.2 Å². The van der Waals surface area contributed by atoms with Gasteiger partial charge in [-0.15, -0.1) is 0 Å². The van der Waals surface area contributed by atoms with Crippen LogP contribution in [0.25, 0.3) is 0 Å². The van der Waals surface area contributed by atoms with Crippen LogP contribution in [-0.2, 0) is 10.0 Å². The smallest absolute Gasteiger partial charge is 0.315 e. The molecular formula is C16H25N3O6S. The van der Waals surface area contributed by atoms with Crippen molar-refractivity contribution in [1.82, 2.24) is 10.6 Å². The van der Waals surface area contributed by atoms with Crippen LogP contribution in [0.4, 0.5) is 10.5 Å². The number of carbonyl (C=O) groups is 1. The minimum absolute atomic E-state index is 0.0650. The molecule has 0 radical (unpaired) electrons. The number of rotatable bonds is 9. The minimum atomic E-state index is -3.59. The number of hydrogen-bond donors (Lipinski definition) is 2. The van der Waals surface area contributed by atoms with Crippen LogP contribution in [-0.4, -0.2) is 61.2 Å². The zero-order valence-corrected chi connectivity index (χ0v) is 16.2. The first kappa shape index (κ1) is 20.0. The Bertz CT molecular complexity index is 723. The number of hydrogen-bond acceptors (Lipinski definition) is 6. The van der Waals surface area contributed by atoms with Gasteiger partial charge in [-0.05, 0) is 12.8 Å². The molecule has 0 atom stereocenters. The van der Waals surface area contributed by atoms with Crippen molar-refractivity contribution in [3.05, 3.63) is 12.1 Å². The van der Waals surface area contributed by atoms with Gasteiger partial charge in [0.2, 0.25) is 15.8 Å². The summed E-state index contributed by atoms with van der Waals surface area (Å²) in [6.45, 7) is 0.220. The molecular weight excluding hydrogens is 362 g/mol. The van der Waals surface area contributed by atoms with Gasteiger partial charge in [0.1, 0.15) is 0 Å². The predicted octanol–water partition coefficient (Wildman–Crippen LogP) is 0.940. The van der Waals surface area contributed by atoms with Gasteiger partial charge in [-0.1, -0.05) is 0 Å². The highest BCUT2D eigenvalue weighted by Gasteiger charge is 2.24. The second-order valence-corrected chi connectivity index (χ2v) is 7.80. The molecule has 146 valence electrons. The van der Waals surface area contributed by atoms with Gasteiger partial charge < -0.3 is 24.8 Å². The molecule has 0 aliphatic heterocycles. The second kappa shape index (κ2) is 8.35. The third-order valence-corrected chi connectivity index (χ3v) is 5.04. The number of amides is 2. The number of nitrogens with zero attached hydrogens (tertiary/aromatic N) is 1. The summed E-state index contributed by atoms with van der Waals surface area (Å²) in [6.07, 6.45) is 3.06. The van der Waals surface area contributed by atoms with Crippen LogP contribution in [0.5, 0.6) is 17.2 Å². The summed E-state index contributed by atoms with van der Waals surface area (Å²) in [6, 6.07) is 3.03. The van der Waals surface area contributed by atoms with Gasteiger partial charge >= 0.3 is 6.03 Å². The number of carbonyl (C=O) groups excluding carboxylic acids is 1. The van der Waals surface area contributed by atoms with E-state index >= 15 is 0 Å². The minimum Gasteiger partial charge on any atom is -0.493 e. The van der Waals surface area contributed by atoms with E-state index in [1.807, 2.05) is 0 Å². The maximum atomic E-state index is 12.2. The molecule has 0 heterocycles. The molecule has 0 unspecified atom stereocenters. The third-order valence-electron chi connectivity index (χ3n) is 3.85. The largest absolute Gasteiger partial charge is 0.493 e. The maximum Gasteiger partial charge on any atom is 0.315 e. The Balaban J connectivity index is 2.19. The molecule has 0 aromatic heterocycles. The average Bonchev–Trinajstić information content (AvgIpc) is 3.40. The fraction of sp³-hybridized carbons (Fsp3) is 0.562. The van der Waals surface area contributed by atoms with E-state index in [1.165, 1.54) is 25.6 Å². The summed E-state index contributed by atoms with van der Waals surface area (Å²) in [4.78, 5) is 11.7. The highest BCUT2D eigenvalue weighted by Crippen LogP contribution is 2.41. The first-order valence-corrected chi connectivity index (χ1v) is 9.97. The third kappa shape index (κ3) is 5.07. The molecule has 0 bridgehead atoms. The highest BCUT2D eigenvalue weighted by molar-refractivity contribution is 7.92. The highest BCUT2D eigenvalue weighted by atomic mass is 32.2. The predicted molar refractivity (Wildman–Crippen MR) is 97.8 cm³/mol. The number of benzene rings is 1. The van der Waals surface area contributed by atoms with Crippen molar-refractivity contribution < 1.29 is 27.4 Å². The van der Waals surface area contributed by atoms with Crippen molar-refractivity contribution in [2.45, 2.75) is 18.9 Å². The number of sulfonamides is 1. The maximum absolute atomic E-state index is 12.2. The number of anilines is 1. The molecule has 26 heavy (non-hydrogen) atoms. The summed E-state index contributed by atoms with van der Waals surface area (Å²) >= 11 is 0. The Hall–Kier alpha value is -2.36. The molecule has 1 aromatic carbocycles. The molecule has 9 nitrogen and oxygen atoms in total. The monoisotopic (exact) mass is 387 g/mol. The normalized spacial score (nSPS) is 13.7. The molecule has 0 saturated heterocycles. The number of nitrogens with one attached hydrogen (secondary N) is 2. The Morgan fingerprint density at radius 1 is 1.15 bits per heavy atom. The van der Waals surface area contributed by atoms with Crippen LogP contribution < -0.4 is 29.1 Å². The van der Waals surface area contributed by atoms with Crippen LogP contribution in [0.2, 0.25) is 0 Å². The van der Waals surface area contributed by atoms with Crippen molar-refractivity contribution in [2.24, 2.45) is 0 Å². The number of urea groups is 1. The van der Waals surface area contributed by atoms with Crippen LogP contribution in [0.15, 0.2) is 12.1 Å². The Morgan fingerprint density at radius 2 is 1.73 bits per heavy atom. The molecule has 1 aromatic rings. The van der Waals surface area contributed by atoms with Crippen molar-refractivity contribution >= 4 is 21.7 Å². The van der Waals surface area contributed by atoms with Crippen molar-refractivity contribution in [3.8, 4) is 17.2 Å². The molecule has 10 heteroatoms. The Kier molecular flexibility index (Phi) is 6.41. The molecule has 1 aliphatic carbocycles. The molecule has 0 spiro atoms. The van der Waals surface area contributed by atoms with Crippen LogP contribution in [0.3, 0.4) is 0 Å². The van der Waals surface area contributed by atoms with E-state index in [0.29, 0.717) is 22.9 Å². The summed E-state index contributed by atoms with van der Waals surface area (Å²) < 4.78 is 41.4. The molecule has 2 N–H and O–H groups in total. The van der Waals surface area contributed by atoms with Crippen LogP contribution >= 0.6 is 0 Å². The second-order valence-electron chi connectivity index (χ2n) is 5.89. The van der Waals surface area contributed by atoms with Crippen LogP contribution in [0.1, 0.15) is 12.8 Å². The van der Waals surface area contributed by atoms with E-state index in [2.05, 4.69) is 10.6 Å². The lowest BCUT2D eigenvalue weighted by Crippen LogP contribution is -2.42. The standard InChI is InChI=1S/C16H25N3O6S/c1-23-13-9-12(10-14(24-2)15(13)25-3)19(26(4,21)22)8-7-17-16(20)18-11-5-6-11/h9-11H,5-8H2,1-4H3,(H2,17,18,20). The zero-order valence-electron chi connectivity index (χ0n) is 15.4. The topological polar surface area (TPSA) is 106 Å². The summed E-state index contributed by atoms with van der Waals surface area (Å²) in [5.41, 5.74) is 0.353.